The molecule has 114 valence electrons. The van der Waals surface area contributed by atoms with E-state index in [4.69, 9.17) is 10.2 Å². The van der Waals surface area contributed by atoms with Crippen LogP contribution in [0.15, 0.2) is 29.2 Å². The lowest BCUT2D eigenvalue weighted by molar-refractivity contribution is -0.145. The lowest BCUT2D eigenvalue weighted by atomic mass is 9.95. The van der Waals surface area contributed by atoms with Gasteiger partial charge in [0.05, 0.1) is 16.7 Å². The molecule has 1 amide bonds. The molecule has 0 bridgehead atoms. The number of hydrogen-bond donors (Lipinski definition) is 3. The molecule has 1 aromatic carbocycles. The zero-order valence-electron chi connectivity index (χ0n) is 11.2. The molecule has 0 spiro atoms. The minimum absolute atomic E-state index is 0.0511. The zero-order valence-corrected chi connectivity index (χ0v) is 12.0. The van der Waals surface area contributed by atoms with Gasteiger partial charge in [-0.15, -0.1) is 0 Å². The van der Waals surface area contributed by atoms with Crippen molar-refractivity contribution in [3.63, 3.8) is 0 Å². The minimum atomic E-state index is -3.77. The van der Waals surface area contributed by atoms with E-state index in [0.29, 0.717) is 24.9 Å². The molecule has 0 saturated heterocycles. The Morgan fingerprint density at radius 2 is 1.71 bits per heavy atom. The van der Waals surface area contributed by atoms with Gasteiger partial charge >= 0.3 is 5.97 Å². The standard InChI is InChI=1S/C13H16N2O5S/c14-21(19,20)9-6-4-8(5-7-9)15-12(16)10-2-1-3-11(10)13(17)18/h4-7,10-11H,1-3H2,(H,15,16)(H,17,18)(H2,14,19,20). The van der Waals surface area contributed by atoms with E-state index in [-0.39, 0.29) is 10.8 Å². The van der Waals surface area contributed by atoms with Crippen LogP contribution in [0.1, 0.15) is 19.3 Å². The lowest BCUT2D eigenvalue weighted by Gasteiger charge is -2.15. The summed E-state index contributed by atoms with van der Waals surface area (Å²) >= 11 is 0. The van der Waals surface area contributed by atoms with Crippen molar-refractivity contribution in [2.75, 3.05) is 5.32 Å². The molecule has 21 heavy (non-hydrogen) atoms. The molecule has 1 fully saturated rings. The number of carbonyl (C=O) groups excluding carboxylic acids is 1. The summed E-state index contributed by atoms with van der Waals surface area (Å²) in [4.78, 5) is 23.1. The van der Waals surface area contributed by atoms with Crippen LogP contribution in [0.4, 0.5) is 5.69 Å². The monoisotopic (exact) mass is 312 g/mol. The van der Waals surface area contributed by atoms with Crippen LogP contribution in [-0.2, 0) is 19.6 Å². The normalized spacial score (nSPS) is 22.0. The van der Waals surface area contributed by atoms with Gasteiger partial charge < -0.3 is 10.4 Å². The van der Waals surface area contributed by atoms with E-state index >= 15 is 0 Å². The summed E-state index contributed by atoms with van der Waals surface area (Å²) in [7, 11) is -3.77. The molecule has 1 saturated carbocycles. The molecule has 2 rings (SSSR count). The zero-order chi connectivity index (χ0) is 15.6. The number of anilines is 1. The molecule has 1 aromatic rings. The summed E-state index contributed by atoms with van der Waals surface area (Å²) in [6.07, 6.45) is 1.75. The molecule has 1 aliphatic carbocycles. The van der Waals surface area contributed by atoms with Crippen LogP contribution in [0.3, 0.4) is 0 Å². The first-order valence-electron chi connectivity index (χ1n) is 6.45. The van der Waals surface area contributed by atoms with Gasteiger partial charge in [0.1, 0.15) is 0 Å². The molecule has 2 atom stereocenters. The molecule has 8 heteroatoms. The van der Waals surface area contributed by atoms with Crippen molar-refractivity contribution in [1.29, 1.82) is 0 Å². The third-order valence-electron chi connectivity index (χ3n) is 3.62. The van der Waals surface area contributed by atoms with Crippen LogP contribution in [0.5, 0.6) is 0 Å². The summed E-state index contributed by atoms with van der Waals surface area (Å²) in [6, 6.07) is 5.41. The van der Waals surface area contributed by atoms with E-state index in [1.54, 1.807) is 0 Å². The maximum Gasteiger partial charge on any atom is 0.307 e. The Morgan fingerprint density at radius 3 is 2.24 bits per heavy atom. The smallest absolute Gasteiger partial charge is 0.307 e. The SMILES string of the molecule is NS(=O)(=O)c1ccc(NC(=O)C2CCCC2C(=O)O)cc1. The second-order valence-electron chi connectivity index (χ2n) is 5.04. The number of primary sulfonamides is 1. The molecular formula is C13H16N2O5S. The van der Waals surface area contributed by atoms with Gasteiger partial charge in [-0.2, -0.15) is 0 Å². The average Bonchev–Trinajstić information content (AvgIpc) is 2.87. The van der Waals surface area contributed by atoms with Crippen LogP contribution in [0, 0.1) is 11.8 Å². The van der Waals surface area contributed by atoms with E-state index in [1.807, 2.05) is 0 Å². The Bertz CT molecular complexity index is 654. The van der Waals surface area contributed by atoms with Gasteiger partial charge in [0, 0.05) is 5.69 Å². The van der Waals surface area contributed by atoms with Crippen molar-refractivity contribution in [3.8, 4) is 0 Å². The first-order chi connectivity index (χ1) is 9.79. The lowest BCUT2D eigenvalue weighted by Crippen LogP contribution is -2.30. The number of aliphatic carboxylic acids is 1. The van der Waals surface area contributed by atoms with Gasteiger partial charge in [0.2, 0.25) is 15.9 Å². The third kappa shape index (κ3) is 3.59. The summed E-state index contributed by atoms with van der Waals surface area (Å²) < 4.78 is 22.2. The highest BCUT2D eigenvalue weighted by Crippen LogP contribution is 2.32. The number of nitrogens with one attached hydrogen (secondary N) is 1. The Morgan fingerprint density at radius 1 is 1.14 bits per heavy atom. The summed E-state index contributed by atoms with van der Waals surface area (Å²) in [5.74, 6) is -2.53. The Labute approximate surface area is 122 Å². The van der Waals surface area contributed by atoms with E-state index in [1.165, 1.54) is 24.3 Å². The maximum atomic E-state index is 12.1. The highest BCUT2D eigenvalue weighted by atomic mass is 32.2. The van der Waals surface area contributed by atoms with Gasteiger partial charge in [0.25, 0.3) is 0 Å². The number of carbonyl (C=O) groups is 2. The summed E-state index contributed by atoms with van der Waals surface area (Å²) in [5.41, 5.74) is 0.406. The van der Waals surface area contributed by atoms with Crippen LogP contribution >= 0.6 is 0 Å². The number of benzene rings is 1. The van der Waals surface area contributed by atoms with Crippen LogP contribution in [0.25, 0.3) is 0 Å². The van der Waals surface area contributed by atoms with Crippen molar-refractivity contribution in [3.05, 3.63) is 24.3 Å². The fraction of sp³-hybridized carbons (Fsp3) is 0.385. The second kappa shape index (κ2) is 5.82. The molecule has 0 heterocycles. The molecule has 0 radical (unpaired) electrons. The van der Waals surface area contributed by atoms with Gasteiger partial charge in [-0.05, 0) is 37.1 Å². The Balaban J connectivity index is 2.08. The third-order valence-corrected chi connectivity index (χ3v) is 4.55. The van der Waals surface area contributed by atoms with Crippen LogP contribution in [-0.4, -0.2) is 25.4 Å². The average molecular weight is 312 g/mol. The number of sulfonamides is 1. The topological polar surface area (TPSA) is 127 Å². The highest BCUT2D eigenvalue weighted by molar-refractivity contribution is 7.89. The minimum Gasteiger partial charge on any atom is -0.481 e. The van der Waals surface area contributed by atoms with E-state index in [2.05, 4.69) is 5.32 Å². The molecule has 0 aromatic heterocycles. The molecule has 7 nitrogen and oxygen atoms in total. The van der Waals surface area contributed by atoms with Crippen LogP contribution in [0.2, 0.25) is 0 Å². The first kappa shape index (κ1) is 15.5. The maximum absolute atomic E-state index is 12.1. The number of amides is 1. The number of rotatable bonds is 4. The molecule has 4 N–H and O–H groups in total. The summed E-state index contributed by atoms with van der Waals surface area (Å²) in [6.45, 7) is 0. The predicted molar refractivity (Wildman–Crippen MR) is 74.9 cm³/mol. The van der Waals surface area contributed by atoms with E-state index in [9.17, 15) is 18.0 Å². The van der Waals surface area contributed by atoms with Crippen LogP contribution < -0.4 is 10.5 Å². The van der Waals surface area contributed by atoms with E-state index in [0.717, 1.165) is 0 Å². The Hall–Kier alpha value is -1.93. The van der Waals surface area contributed by atoms with Gasteiger partial charge in [-0.1, -0.05) is 6.42 Å². The van der Waals surface area contributed by atoms with Crippen molar-refractivity contribution >= 4 is 27.6 Å². The van der Waals surface area contributed by atoms with Gasteiger partial charge in [-0.3, -0.25) is 9.59 Å². The van der Waals surface area contributed by atoms with Gasteiger partial charge in [-0.25, -0.2) is 13.6 Å². The number of carboxylic acid groups (broad SMARTS) is 1. The first-order valence-corrected chi connectivity index (χ1v) is 8.00. The van der Waals surface area contributed by atoms with Crippen molar-refractivity contribution in [1.82, 2.24) is 0 Å². The Kier molecular flexibility index (Phi) is 4.29. The molecule has 2 unspecified atom stereocenters. The fourth-order valence-electron chi connectivity index (χ4n) is 2.53. The molecular weight excluding hydrogens is 296 g/mol. The molecule has 0 aliphatic heterocycles. The quantitative estimate of drug-likeness (QED) is 0.757. The number of carboxylic acids is 1. The number of hydrogen-bond acceptors (Lipinski definition) is 4. The summed E-state index contributed by atoms with van der Waals surface area (Å²) in [5, 5.41) is 16.7. The van der Waals surface area contributed by atoms with Crippen molar-refractivity contribution < 1.29 is 23.1 Å². The van der Waals surface area contributed by atoms with Gasteiger partial charge in [0.15, 0.2) is 0 Å². The predicted octanol–water partition coefficient (Wildman–Crippen LogP) is 0.773. The van der Waals surface area contributed by atoms with Crippen molar-refractivity contribution in [2.24, 2.45) is 17.0 Å². The molecule has 1 aliphatic rings. The number of nitrogens with two attached hydrogens (primary N) is 1. The fourth-order valence-corrected chi connectivity index (χ4v) is 3.05. The van der Waals surface area contributed by atoms with Crippen molar-refractivity contribution in [2.45, 2.75) is 24.2 Å². The second-order valence-corrected chi connectivity index (χ2v) is 6.60. The highest BCUT2D eigenvalue weighted by Gasteiger charge is 2.37. The largest absolute Gasteiger partial charge is 0.481 e. The van der Waals surface area contributed by atoms with E-state index < -0.39 is 27.8 Å².